The molecule has 5 nitrogen and oxygen atoms in total. The van der Waals surface area contributed by atoms with Crippen LogP contribution in [0.3, 0.4) is 0 Å². The number of hydrogen-bond acceptors (Lipinski definition) is 7. The summed E-state index contributed by atoms with van der Waals surface area (Å²) in [6.45, 7) is 4.47. The van der Waals surface area contributed by atoms with Crippen molar-refractivity contribution >= 4 is 28.2 Å². The number of pyridine rings is 1. The number of aryl methyl sites for hydroxylation is 2. The van der Waals surface area contributed by atoms with Crippen LogP contribution in [0.1, 0.15) is 17.0 Å². The maximum Gasteiger partial charge on any atom is 0.208 e. The highest BCUT2D eigenvalue weighted by molar-refractivity contribution is 8.01. The van der Waals surface area contributed by atoms with Crippen molar-refractivity contribution in [3.8, 4) is 0 Å². The first-order valence-corrected chi connectivity index (χ1v) is 7.50. The third-order valence-electron chi connectivity index (χ3n) is 2.60. The highest BCUT2D eigenvalue weighted by Crippen LogP contribution is 2.35. The summed E-state index contributed by atoms with van der Waals surface area (Å²) in [6.07, 6.45) is 0. The molecule has 102 valence electrons. The molecule has 2 rings (SSSR count). The van der Waals surface area contributed by atoms with Gasteiger partial charge in [0.05, 0.1) is 0 Å². The first kappa shape index (κ1) is 14.2. The molecular weight excluding hydrogens is 278 g/mol. The Balaban J connectivity index is 2.31. The Morgan fingerprint density at radius 3 is 2.63 bits per heavy atom. The highest BCUT2D eigenvalue weighted by atomic mass is 32.2. The summed E-state index contributed by atoms with van der Waals surface area (Å²) < 4.78 is 0.920. The molecule has 0 aliphatic carbocycles. The molecule has 0 bridgehead atoms. The summed E-state index contributed by atoms with van der Waals surface area (Å²) in [5, 5.41) is 9.24. The zero-order valence-electron chi connectivity index (χ0n) is 11.5. The molecule has 2 aromatic heterocycles. The number of anilines is 1. The number of rotatable bonds is 4. The summed E-state index contributed by atoms with van der Waals surface area (Å²) in [7, 11) is 3.92. The van der Waals surface area contributed by atoms with Gasteiger partial charge in [0.25, 0.3) is 0 Å². The summed E-state index contributed by atoms with van der Waals surface area (Å²) in [6, 6.07) is 2.05. The van der Waals surface area contributed by atoms with Crippen molar-refractivity contribution in [1.29, 1.82) is 0 Å². The lowest BCUT2D eigenvalue weighted by Crippen LogP contribution is -2.07. The minimum Gasteiger partial charge on any atom is -0.353 e. The third-order valence-corrected chi connectivity index (χ3v) is 4.82. The van der Waals surface area contributed by atoms with Crippen molar-refractivity contribution in [2.24, 2.45) is 5.73 Å². The molecule has 0 radical (unpaired) electrons. The Morgan fingerprint density at radius 2 is 2.05 bits per heavy atom. The van der Waals surface area contributed by atoms with E-state index in [1.54, 1.807) is 23.1 Å². The van der Waals surface area contributed by atoms with Gasteiger partial charge in [-0.15, -0.1) is 10.2 Å². The standard InChI is InChI=1S/C12H17N5S2/c1-7-5-10(9(6-13)8(2)14-7)18-12-16-15-11(19-12)17(3)4/h5H,6,13H2,1-4H3. The highest BCUT2D eigenvalue weighted by Gasteiger charge is 2.12. The molecule has 2 heterocycles. The van der Waals surface area contributed by atoms with E-state index in [1.165, 1.54) is 0 Å². The van der Waals surface area contributed by atoms with Gasteiger partial charge in [0.15, 0.2) is 4.34 Å². The molecule has 0 atom stereocenters. The molecule has 19 heavy (non-hydrogen) atoms. The van der Waals surface area contributed by atoms with E-state index < -0.39 is 0 Å². The van der Waals surface area contributed by atoms with Crippen LogP contribution in [-0.2, 0) is 6.54 Å². The molecule has 2 aromatic rings. The molecule has 0 aromatic carbocycles. The topological polar surface area (TPSA) is 67.9 Å². The first-order valence-electron chi connectivity index (χ1n) is 5.87. The number of hydrogen-bond donors (Lipinski definition) is 1. The molecule has 0 fully saturated rings. The average Bonchev–Trinajstić information content (AvgIpc) is 2.77. The van der Waals surface area contributed by atoms with Crippen LogP contribution >= 0.6 is 23.1 Å². The fourth-order valence-electron chi connectivity index (χ4n) is 1.68. The second-order valence-electron chi connectivity index (χ2n) is 4.38. The second kappa shape index (κ2) is 5.85. The second-order valence-corrected chi connectivity index (χ2v) is 6.62. The molecule has 0 unspecified atom stereocenters. The zero-order chi connectivity index (χ0) is 14.0. The molecule has 0 amide bonds. The van der Waals surface area contributed by atoms with Gasteiger partial charge in [-0.25, -0.2) is 0 Å². The smallest absolute Gasteiger partial charge is 0.208 e. The van der Waals surface area contributed by atoms with Crippen molar-refractivity contribution < 1.29 is 0 Å². The minimum absolute atomic E-state index is 0.487. The van der Waals surface area contributed by atoms with E-state index in [1.807, 2.05) is 32.8 Å². The van der Waals surface area contributed by atoms with Gasteiger partial charge in [0.1, 0.15) is 0 Å². The Morgan fingerprint density at radius 1 is 1.32 bits per heavy atom. The monoisotopic (exact) mass is 295 g/mol. The molecular formula is C12H17N5S2. The van der Waals surface area contributed by atoms with E-state index in [0.717, 1.165) is 31.3 Å². The van der Waals surface area contributed by atoms with E-state index in [2.05, 4.69) is 21.2 Å². The van der Waals surface area contributed by atoms with Gasteiger partial charge < -0.3 is 10.6 Å². The molecule has 7 heteroatoms. The zero-order valence-corrected chi connectivity index (χ0v) is 13.1. The van der Waals surface area contributed by atoms with Gasteiger partial charge >= 0.3 is 0 Å². The molecule has 0 saturated heterocycles. The SMILES string of the molecule is Cc1cc(Sc2nnc(N(C)C)s2)c(CN)c(C)n1. The van der Waals surface area contributed by atoms with Crippen molar-refractivity contribution in [3.63, 3.8) is 0 Å². The summed E-state index contributed by atoms with van der Waals surface area (Å²) in [5.41, 5.74) is 8.88. The van der Waals surface area contributed by atoms with E-state index in [0.29, 0.717) is 6.54 Å². The molecule has 0 spiro atoms. The van der Waals surface area contributed by atoms with Crippen LogP contribution in [0.5, 0.6) is 0 Å². The number of aromatic nitrogens is 3. The lowest BCUT2D eigenvalue weighted by molar-refractivity contribution is 0.940. The molecule has 0 aliphatic rings. The van der Waals surface area contributed by atoms with Gasteiger partial charge in [-0.05, 0) is 19.9 Å². The van der Waals surface area contributed by atoms with Gasteiger partial charge in [0.2, 0.25) is 5.13 Å². The fraction of sp³-hybridized carbons (Fsp3) is 0.417. The van der Waals surface area contributed by atoms with Gasteiger partial charge in [-0.1, -0.05) is 23.1 Å². The maximum atomic E-state index is 5.81. The van der Waals surface area contributed by atoms with Crippen molar-refractivity contribution in [2.45, 2.75) is 29.6 Å². The number of nitrogens with zero attached hydrogens (tertiary/aromatic N) is 4. The van der Waals surface area contributed by atoms with Crippen LogP contribution in [0.15, 0.2) is 15.3 Å². The summed E-state index contributed by atoms with van der Waals surface area (Å²) in [4.78, 5) is 7.52. The Hall–Kier alpha value is -1.18. The van der Waals surface area contributed by atoms with E-state index in [-0.39, 0.29) is 0 Å². The predicted octanol–water partition coefficient (Wildman–Crippen LogP) is 2.23. The van der Waals surface area contributed by atoms with Gasteiger partial charge in [-0.3, -0.25) is 4.98 Å². The lowest BCUT2D eigenvalue weighted by atomic mass is 10.2. The molecule has 2 N–H and O–H groups in total. The van der Waals surface area contributed by atoms with E-state index >= 15 is 0 Å². The largest absolute Gasteiger partial charge is 0.353 e. The van der Waals surface area contributed by atoms with Crippen LogP contribution in [0, 0.1) is 13.8 Å². The van der Waals surface area contributed by atoms with Crippen LogP contribution in [0.25, 0.3) is 0 Å². The number of nitrogens with two attached hydrogens (primary N) is 1. The van der Waals surface area contributed by atoms with E-state index in [9.17, 15) is 0 Å². The Kier molecular flexibility index (Phi) is 4.38. The van der Waals surface area contributed by atoms with Crippen molar-refractivity contribution in [2.75, 3.05) is 19.0 Å². The van der Waals surface area contributed by atoms with Crippen molar-refractivity contribution in [1.82, 2.24) is 15.2 Å². The molecule has 0 saturated carbocycles. The van der Waals surface area contributed by atoms with Crippen molar-refractivity contribution in [3.05, 3.63) is 23.0 Å². The van der Waals surface area contributed by atoms with Crippen LogP contribution in [0.2, 0.25) is 0 Å². The third kappa shape index (κ3) is 3.23. The molecule has 0 aliphatic heterocycles. The minimum atomic E-state index is 0.487. The predicted molar refractivity (Wildman–Crippen MR) is 80.0 cm³/mol. The average molecular weight is 295 g/mol. The Labute approximate surface area is 121 Å². The normalized spacial score (nSPS) is 10.8. The van der Waals surface area contributed by atoms with Crippen LogP contribution in [-0.4, -0.2) is 29.3 Å². The summed E-state index contributed by atoms with van der Waals surface area (Å²) >= 11 is 3.18. The van der Waals surface area contributed by atoms with Crippen LogP contribution < -0.4 is 10.6 Å². The lowest BCUT2D eigenvalue weighted by Gasteiger charge is -2.09. The quantitative estimate of drug-likeness (QED) is 0.933. The van der Waals surface area contributed by atoms with Crippen LogP contribution in [0.4, 0.5) is 5.13 Å². The van der Waals surface area contributed by atoms with E-state index in [4.69, 9.17) is 5.73 Å². The maximum absolute atomic E-state index is 5.81. The van der Waals surface area contributed by atoms with Gasteiger partial charge in [0, 0.05) is 42.5 Å². The fourth-order valence-corrected chi connectivity index (χ4v) is 3.69. The van der Waals surface area contributed by atoms with Gasteiger partial charge in [-0.2, -0.15) is 0 Å². The first-order chi connectivity index (χ1) is 9.01. The summed E-state index contributed by atoms with van der Waals surface area (Å²) in [5.74, 6) is 0. The Bertz CT molecular complexity index is 579.